The summed E-state index contributed by atoms with van der Waals surface area (Å²) in [5, 5.41) is 9.83. The van der Waals surface area contributed by atoms with Gasteiger partial charge in [0.1, 0.15) is 0 Å². The molecule has 0 radical (unpaired) electrons. The number of hydrogen-bond donors (Lipinski definition) is 2. The van der Waals surface area contributed by atoms with E-state index in [-0.39, 0.29) is 12.0 Å². The Kier molecular flexibility index (Phi) is 4.28. The summed E-state index contributed by atoms with van der Waals surface area (Å²) >= 11 is 0. The molecule has 0 aliphatic heterocycles. The Morgan fingerprint density at radius 1 is 1.37 bits per heavy atom. The third kappa shape index (κ3) is 3.35. The van der Waals surface area contributed by atoms with Gasteiger partial charge < -0.3 is 5.11 Å². The number of aliphatic hydroxyl groups is 1. The lowest BCUT2D eigenvalue weighted by molar-refractivity contribution is 0.158. The first-order valence-electron chi connectivity index (χ1n) is 6.75. The molecule has 0 spiro atoms. The Bertz CT molecular complexity index is 535. The number of nitrogens with one attached hydrogen (secondary N) is 1. The van der Waals surface area contributed by atoms with E-state index in [2.05, 4.69) is 4.72 Å². The minimum Gasteiger partial charge on any atom is -0.393 e. The molecule has 1 aliphatic rings. The number of rotatable bonds is 6. The highest BCUT2D eigenvalue weighted by Crippen LogP contribution is 2.30. The van der Waals surface area contributed by atoms with Crippen LogP contribution in [0.25, 0.3) is 0 Å². The van der Waals surface area contributed by atoms with Crippen LogP contribution in [0, 0.1) is 0 Å². The zero-order valence-corrected chi connectivity index (χ0v) is 12.2. The van der Waals surface area contributed by atoms with Gasteiger partial charge in [-0.25, -0.2) is 13.1 Å². The van der Waals surface area contributed by atoms with E-state index < -0.39 is 16.1 Å². The Morgan fingerprint density at radius 2 is 2.00 bits per heavy atom. The number of benzene rings is 1. The Balaban J connectivity index is 2.39. The molecule has 0 saturated heterocycles. The summed E-state index contributed by atoms with van der Waals surface area (Å²) in [4.78, 5) is 0.301. The van der Waals surface area contributed by atoms with Crippen molar-refractivity contribution in [3.05, 3.63) is 29.8 Å². The van der Waals surface area contributed by atoms with E-state index in [9.17, 15) is 13.5 Å². The van der Waals surface area contributed by atoms with Crippen molar-refractivity contribution in [3.63, 3.8) is 0 Å². The van der Waals surface area contributed by atoms with Crippen molar-refractivity contribution in [3.8, 4) is 0 Å². The monoisotopic (exact) mass is 283 g/mol. The molecule has 4 nitrogen and oxygen atoms in total. The summed E-state index contributed by atoms with van der Waals surface area (Å²) in [5.74, 6) is -0.160. The SMILES string of the molecule is CCC(c1ccccc1S(=O)(=O)NC1CC1)C(C)O. The lowest BCUT2D eigenvalue weighted by atomic mass is 9.92. The predicted molar refractivity (Wildman–Crippen MR) is 74.5 cm³/mol. The predicted octanol–water partition coefficient (Wildman–Crippen LogP) is 2.00. The minimum atomic E-state index is -3.48. The average molecular weight is 283 g/mol. The van der Waals surface area contributed by atoms with Gasteiger partial charge in [-0.3, -0.25) is 0 Å². The summed E-state index contributed by atoms with van der Waals surface area (Å²) in [6.45, 7) is 3.65. The fourth-order valence-electron chi connectivity index (χ4n) is 2.34. The van der Waals surface area contributed by atoms with Crippen LogP contribution in [0.4, 0.5) is 0 Å². The van der Waals surface area contributed by atoms with E-state index >= 15 is 0 Å². The number of sulfonamides is 1. The van der Waals surface area contributed by atoms with Crippen molar-refractivity contribution in [2.75, 3.05) is 0 Å². The molecule has 0 heterocycles. The van der Waals surface area contributed by atoms with Crippen LogP contribution in [0.5, 0.6) is 0 Å². The third-order valence-electron chi connectivity index (χ3n) is 3.53. The molecule has 1 saturated carbocycles. The first kappa shape index (κ1) is 14.5. The summed E-state index contributed by atoms with van der Waals surface area (Å²) in [6, 6.07) is 7.04. The van der Waals surface area contributed by atoms with Crippen LogP contribution in [-0.2, 0) is 10.0 Å². The highest BCUT2D eigenvalue weighted by molar-refractivity contribution is 7.89. The van der Waals surface area contributed by atoms with Gasteiger partial charge >= 0.3 is 0 Å². The van der Waals surface area contributed by atoms with Crippen molar-refractivity contribution < 1.29 is 13.5 Å². The summed E-state index contributed by atoms with van der Waals surface area (Å²) in [7, 11) is -3.48. The lowest BCUT2D eigenvalue weighted by Gasteiger charge is -2.21. The summed E-state index contributed by atoms with van der Waals surface area (Å²) in [5.41, 5.74) is 0.702. The molecule has 2 rings (SSSR count). The molecule has 1 aromatic rings. The molecule has 0 bridgehead atoms. The second-order valence-electron chi connectivity index (χ2n) is 5.19. The fraction of sp³-hybridized carbons (Fsp3) is 0.571. The molecule has 2 unspecified atom stereocenters. The second-order valence-corrected chi connectivity index (χ2v) is 6.87. The van der Waals surface area contributed by atoms with E-state index in [1.165, 1.54) is 0 Å². The van der Waals surface area contributed by atoms with Crippen molar-refractivity contribution in [2.45, 2.75) is 56.1 Å². The number of aliphatic hydroxyl groups excluding tert-OH is 1. The van der Waals surface area contributed by atoms with Gasteiger partial charge in [-0.2, -0.15) is 0 Å². The highest BCUT2D eigenvalue weighted by Gasteiger charge is 2.31. The average Bonchev–Trinajstić information content (AvgIpc) is 3.13. The first-order valence-corrected chi connectivity index (χ1v) is 8.23. The van der Waals surface area contributed by atoms with E-state index in [1.54, 1.807) is 25.1 Å². The molecule has 19 heavy (non-hydrogen) atoms. The molecule has 106 valence electrons. The molecule has 1 aliphatic carbocycles. The largest absolute Gasteiger partial charge is 0.393 e. The molecule has 2 N–H and O–H groups in total. The van der Waals surface area contributed by atoms with Crippen LogP contribution in [0.15, 0.2) is 29.2 Å². The summed E-state index contributed by atoms with van der Waals surface area (Å²) in [6.07, 6.45) is 1.96. The molecule has 1 aromatic carbocycles. The standard InChI is InChI=1S/C14H21NO3S/c1-3-12(10(2)16)13-6-4-5-7-14(13)19(17,18)15-11-8-9-11/h4-7,10-12,15-16H,3,8-9H2,1-2H3. The second kappa shape index (κ2) is 5.61. The Morgan fingerprint density at radius 3 is 2.53 bits per heavy atom. The maximum absolute atomic E-state index is 12.4. The first-order chi connectivity index (χ1) is 8.95. The lowest BCUT2D eigenvalue weighted by Crippen LogP contribution is -2.28. The van der Waals surface area contributed by atoms with Crippen molar-refractivity contribution >= 4 is 10.0 Å². The van der Waals surface area contributed by atoms with Crippen LogP contribution in [0.1, 0.15) is 44.6 Å². The van der Waals surface area contributed by atoms with E-state index in [4.69, 9.17) is 0 Å². The van der Waals surface area contributed by atoms with Gasteiger partial charge in [0.15, 0.2) is 0 Å². The maximum atomic E-state index is 12.4. The van der Waals surface area contributed by atoms with Gasteiger partial charge in [-0.1, -0.05) is 25.1 Å². The van der Waals surface area contributed by atoms with Crippen LogP contribution in [-0.4, -0.2) is 25.7 Å². The zero-order chi connectivity index (χ0) is 14.0. The van der Waals surface area contributed by atoms with E-state index in [0.29, 0.717) is 16.9 Å². The highest BCUT2D eigenvalue weighted by atomic mass is 32.2. The third-order valence-corrected chi connectivity index (χ3v) is 5.12. The summed E-state index contributed by atoms with van der Waals surface area (Å²) < 4.78 is 27.4. The van der Waals surface area contributed by atoms with Crippen LogP contribution in [0.2, 0.25) is 0 Å². The van der Waals surface area contributed by atoms with Gasteiger partial charge in [-0.15, -0.1) is 0 Å². The molecule has 1 fully saturated rings. The van der Waals surface area contributed by atoms with Gasteiger partial charge in [-0.05, 0) is 37.8 Å². The normalized spacial score (nSPS) is 19.1. The van der Waals surface area contributed by atoms with Crippen LogP contribution >= 0.6 is 0 Å². The van der Waals surface area contributed by atoms with Gasteiger partial charge in [0.05, 0.1) is 11.0 Å². The van der Waals surface area contributed by atoms with Gasteiger partial charge in [0.25, 0.3) is 0 Å². The smallest absolute Gasteiger partial charge is 0.241 e. The topological polar surface area (TPSA) is 66.4 Å². The Hall–Kier alpha value is -0.910. The van der Waals surface area contributed by atoms with Gasteiger partial charge in [0, 0.05) is 12.0 Å². The quantitative estimate of drug-likeness (QED) is 0.839. The number of hydrogen-bond acceptors (Lipinski definition) is 3. The Labute approximate surface area is 114 Å². The van der Waals surface area contributed by atoms with Crippen molar-refractivity contribution in [1.82, 2.24) is 4.72 Å². The molecule has 0 amide bonds. The maximum Gasteiger partial charge on any atom is 0.241 e. The van der Waals surface area contributed by atoms with E-state index in [0.717, 1.165) is 12.8 Å². The van der Waals surface area contributed by atoms with Crippen molar-refractivity contribution in [2.24, 2.45) is 0 Å². The molecular formula is C14H21NO3S. The minimum absolute atomic E-state index is 0.0877. The molecule has 2 atom stereocenters. The zero-order valence-electron chi connectivity index (χ0n) is 11.3. The van der Waals surface area contributed by atoms with E-state index in [1.807, 2.05) is 13.0 Å². The van der Waals surface area contributed by atoms with Crippen LogP contribution < -0.4 is 4.72 Å². The molecule has 0 aromatic heterocycles. The molecule has 5 heteroatoms. The van der Waals surface area contributed by atoms with Gasteiger partial charge in [0.2, 0.25) is 10.0 Å². The van der Waals surface area contributed by atoms with Crippen LogP contribution in [0.3, 0.4) is 0 Å². The molecular weight excluding hydrogens is 262 g/mol. The fourth-order valence-corrected chi connectivity index (χ4v) is 3.93. The van der Waals surface area contributed by atoms with Crippen molar-refractivity contribution in [1.29, 1.82) is 0 Å².